The molecule has 0 amide bonds. The van der Waals surface area contributed by atoms with Crippen molar-refractivity contribution in [3.05, 3.63) is 47.5 Å². The van der Waals surface area contributed by atoms with Crippen molar-refractivity contribution >= 4 is 44.1 Å². The number of hydrogen-bond acceptors (Lipinski definition) is 3. The third-order valence-electron chi connectivity index (χ3n) is 2.53. The molecule has 0 aliphatic carbocycles. The van der Waals surface area contributed by atoms with Crippen molar-refractivity contribution in [3.63, 3.8) is 0 Å². The van der Waals surface area contributed by atoms with Gasteiger partial charge in [0.15, 0.2) is 0 Å². The number of hydrogen-bond donors (Lipinski definition) is 0. The Morgan fingerprint density at radius 1 is 1.24 bits per heavy atom. The molecule has 88 valence electrons. The van der Waals surface area contributed by atoms with Gasteiger partial charge in [0.1, 0.15) is 10.4 Å². The smallest absolute Gasteiger partial charge is 0.150 e. The molecule has 0 bridgehead atoms. The van der Waals surface area contributed by atoms with Crippen molar-refractivity contribution in [2.45, 2.75) is 4.16 Å². The zero-order valence-electron chi connectivity index (χ0n) is 8.63. The first-order chi connectivity index (χ1) is 8.15. The summed E-state index contributed by atoms with van der Waals surface area (Å²) in [6.45, 7) is 0. The van der Waals surface area contributed by atoms with Crippen LogP contribution in [-0.2, 0) is 11.1 Å². The molecular weight excluding hydrogens is 304 g/mol. The van der Waals surface area contributed by atoms with E-state index >= 15 is 0 Å². The lowest BCUT2D eigenvalue weighted by Crippen LogP contribution is -2.03. The molecule has 2 unspecified atom stereocenters. The monoisotopic (exact) mass is 311 g/mol. The van der Waals surface area contributed by atoms with Gasteiger partial charge in [0.05, 0.1) is 0 Å². The van der Waals surface area contributed by atoms with Crippen molar-refractivity contribution in [2.75, 3.05) is 0 Å². The molecule has 3 nitrogen and oxygen atoms in total. The molecule has 0 radical (unpaired) electrons. The third kappa shape index (κ3) is 2.31. The predicted molar refractivity (Wildman–Crippen MR) is 69.9 cm³/mol. The van der Waals surface area contributed by atoms with Gasteiger partial charge in [-0.15, -0.1) is 0 Å². The average molecular weight is 312 g/mol. The third-order valence-corrected chi connectivity index (χ3v) is 4.47. The van der Waals surface area contributed by atoms with E-state index < -0.39 is 15.2 Å². The van der Waals surface area contributed by atoms with Crippen LogP contribution in [0.3, 0.4) is 0 Å². The van der Waals surface area contributed by atoms with Gasteiger partial charge < -0.3 is 4.55 Å². The van der Waals surface area contributed by atoms with Gasteiger partial charge in [-0.25, -0.2) is 0 Å². The summed E-state index contributed by atoms with van der Waals surface area (Å²) in [6.07, 6.45) is 0.670. The zero-order valence-corrected chi connectivity index (χ0v) is 11.0. The summed E-state index contributed by atoms with van der Waals surface area (Å²) >= 11 is 0.770. The molecule has 0 heterocycles. The second-order valence-corrected chi connectivity index (χ2v) is 6.00. The van der Waals surface area contributed by atoms with Crippen LogP contribution >= 0.6 is 15.9 Å². The zero-order chi connectivity index (χ0) is 12.4. The molecule has 0 aliphatic rings. The predicted octanol–water partition coefficient (Wildman–Crippen LogP) is 2.92. The van der Waals surface area contributed by atoms with Crippen molar-refractivity contribution in [1.29, 1.82) is 0 Å². The fourth-order valence-corrected chi connectivity index (χ4v) is 2.73. The standard InChI is InChI=1S/C12H9BrO3S/c13-12(17(15)16)11-9(7-14)6-5-8-3-1-2-4-10(8)11/h1-7,12H,(H,15,16)/p-1. The lowest BCUT2D eigenvalue weighted by atomic mass is 10.0. The van der Waals surface area contributed by atoms with Gasteiger partial charge in [0.25, 0.3) is 0 Å². The number of carbonyl (C=O) groups excluding carboxylic acids is 1. The van der Waals surface area contributed by atoms with Gasteiger partial charge in [-0.1, -0.05) is 52.3 Å². The lowest BCUT2D eigenvalue weighted by molar-refractivity contribution is 0.112. The SMILES string of the molecule is O=Cc1ccc2ccccc2c1C(Br)S(=O)[O-]. The van der Waals surface area contributed by atoms with Gasteiger partial charge in [0, 0.05) is 5.56 Å². The topological polar surface area (TPSA) is 57.2 Å². The highest BCUT2D eigenvalue weighted by Gasteiger charge is 2.16. The quantitative estimate of drug-likeness (QED) is 0.497. The normalized spacial score (nSPS) is 14.5. The van der Waals surface area contributed by atoms with Crippen LogP contribution in [-0.4, -0.2) is 15.0 Å². The number of fused-ring (bicyclic) bond motifs is 1. The van der Waals surface area contributed by atoms with E-state index in [4.69, 9.17) is 0 Å². The fourth-order valence-electron chi connectivity index (χ4n) is 1.76. The van der Waals surface area contributed by atoms with E-state index in [1.54, 1.807) is 18.2 Å². The van der Waals surface area contributed by atoms with Gasteiger partial charge in [-0.05, 0) is 27.4 Å². The Bertz CT molecular complexity index is 597. The molecule has 0 aliphatic heterocycles. The van der Waals surface area contributed by atoms with E-state index in [9.17, 15) is 13.6 Å². The van der Waals surface area contributed by atoms with Crippen molar-refractivity contribution in [2.24, 2.45) is 0 Å². The van der Waals surface area contributed by atoms with Gasteiger partial charge in [0.2, 0.25) is 0 Å². The molecule has 2 atom stereocenters. The number of halogens is 1. The number of aldehydes is 1. The summed E-state index contributed by atoms with van der Waals surface area (Å²) in [7, 11) is 0. The van der Waals surface area contributed by atoms with Crippen LogP contribution in [0, 0.1) is 0 Å². The van der Waals surface area contributed by atoms with Crippen LogP contribution in [0.2, 0.25) is 0 Å². The van der Waals surface area contributed by atoms with Crippen LogP contribution in [0.4, 0.5) is 0 Å². The maximum absolute atomic E-state index is 11.0. The van der Waals surface area contributed by atoms with Gasteiger partial charge >= 0.3 is 0 Å². The van der Waals surface area contributed by atoms with Gasteiger partial charge in [-0.3, -0.25) is 9.00 Å². The molecule has 2 aromatic rings. The molecule has 2 rings (SSSR count). The maximum atomic E-state index is 11.0. The molecule has 5 heteroatoms. The summed E-state index contributed by atoms with van der Waals surface area (Å²) in [5.74, 6) is 0. The summed E-state index contributed by atoms with van der Waals surface area (Å²) in [5.41, 5.74) is 0.876. The van der Waals surface area contributed by atoms with E-state index in [-0.39, 0.29) is 0 Å². The van der Waals surface area contributed by atoms with Crippen molar-refractivity contribution in [3.8, 4) is 0 Å². The molecule has 2 aromatic carbocycles. The highest BCUT2D eigenvalue weighted by Crippen LogP contribution is 2.34. The molecule has 0 fully saturated rings. The summed E-state index contributed by atoms with van der Waals surface area (Å²) < 4.78 is 21.2. The molecule has 0 saturated heterocycles. The Kier molecular flexibility index (Phi) is 3.71. The Balaban J connectivity index is 2.80. The lowest BCUT2D eigenvalue weighted by Gasteiger charge is -2.17. The molecule has 0 aromatic heterocycles. The molecule has 17 heavy (non-hydrogen) atoms. The van der Waals surface area contributed by atoms with Crippen LogP contribution < -0.4 is 0 Å². The first-order valence-corrected chi connectivity index (χ1v) is 6.89. The Labute approximate surface area is 109 Å². The molecule has 0 N–H and O–H groups in total. The van der Waals surface area contributed by atoms with E-state index in [1.807, 2.05) is 18.2 Å². The Morgan fingerprint density at radius 3 is 2.59 bits per heavy atom. The van der Waals surface area contributed by atoms with Crippen molar-refractivity contribution in [1.82, 2.24) is 0 Å². The van der Waals surface area contributed by atoms with E-state index in [1.165, 1.54) is 0 Å². The van der Waals surface area contributed by atoms with Crippen LogP contribution in [0.5, 0.6) is 0 Å². The maximum Gasteiger partial charge on any atom is 0.150 e. The van der Waals surface area contributed by atoms with E-state index in [0.717, 1.165) is 10.8 Å². The molecule has 0 spiro atoms. The van der Waals surface area contributed by atoms with E-state index in [2.05, 4.69) is 15.9 Å². The summed E-state index contributed by atoms with van der Waals surface area (Å²) in [6, 6.07) is 10.8. The number of alkyl halides is 1. The van der Waals surface area contributed by atoms with Crippen LogP contribution in [0.1, 0.15) is 20.1 Å². The Hall–Kier alpha value is -1.04. The minimum Gasteiger partial charge on any atom is -0.771 e. The second kappa shape index (κ2) is 5.08. The molecule has 0 saturated carbocycles. The van der Waals surface area contributed by atoms with Crippen LogP contribution in [0.15, 0.2) is 36.4 Å². The van der Waals surface area contributed by atoms with Crippen molar-refractivity contribution < 1.29 is 13.6 Å². The van der Waals surface area contributed by atoms with Gasteiger partial charge in [-0.2, -0.15) is 0 Å². The average Bonchev–Trinajstić information content (AvgIpc) is 2.36. The summed E-state index contributed by atoms with van der Waals surface area (Å²) in [5, 5.41) is 1.67. The Morgan fingerprint density at radius 2 is 1.94 bits per heavy atom. The van der Waals surface area contributed by atoms with E-state index in [0.29, 0.717) is 17.4 Å². The highest BCUT2D eigenvalue weighted by atomic mass is 79.9. The van der Waals surface area contributed by atoms with Crippen LogP contribution in [0.25, 0.3) is 10.8 Å². The fraction of sp³-hybridized carbons (Fsp3) is 0.0833. The number of benzene rings is 2. The first-order valence-electron chi connectivity index (χ1n) is 4.84. The molecular formula is C12H8BrO3S-. The minimum atomic E-state index is -2.32. The number of rotatable bonds is 3. The summed E-state index contributed by atoms with van der Waals surface area (Å²) in [4.78, 5) is 11.0. The largest absolute Gasteiger partial charge is 0.771 e. The first kappa shape index (κ1) is 12.4. The minimum absolute atomic E-state index is 0.384. The second-order valence-electron chi connectivity index (χ2n) is 3.48. The highest BCUT2D eigenvalue weighted by molar-refractivity contribution is 9.10. The number of carbonyl (C=O) groups is 1.